The van der Waals surface area contributed by atoms with Crippen molar-refractivity contribution in [2.24, 2.45) is 0 Å². The third-order valence-corrected chi connectivity index (χ3v) is 6.81. The van der Waals surface area contributed by atoms with Gasteiger partial charge in [0.2, 0.25) is 10.0 Å². The number of rotatable bonds is 10. The van der Waals surface area contributed by atoms with E-state index < -0.39 is 16.1 Å². The van der Waals surface area contributed by atoms with E-state index in [1.807, 2.05) is 19.1 Å². The quantitative estimate of drug-likeness (QED) is 0.568. The van der Waals surface area contributed by atoms with Crippen LogP contribution in [0.5, 0.6) is 5.75 Å². The summed E-state index contributed by atoms with van der Waals surface area (Å²) in [6.45, 7) is 6.59. The van der Waals surface area contributed by atoms with Crippen molar-refractivity contribution in [1.82, 2.24) is 10.2 Å². The standard InChI is InChI=1S/C24H33N3O5S/c1-4-23(32-22-10-8-21(9-11-22)26(2)33(3,29)30)24(28)25-17-19-6-5-7-20(16-19)18-27-12-14-31-15-13-27/h5-11,16,23H,4,12-15,17-18H2,1-3H3,(H,25,28). The maximum Gasteiger partial charge on any atom is 0.261 e. The van der Waals surface area contributed by atoms with E-state index in [4.69, 9.17) is 9.47 Å². The number of carbonyl (C=O) groups excluding carboxylic acids is 1. The zero-order valence-corrected chi connectivity index (χ0v) is 20.3. The van der Waals surface area contributed by atoms with E-state index in [1.165, 1.54) is 16.9 Å². The fraction of sp³-hybridized carbons (Fsp3) is 0.458. The van der Waals surface area contributed by atoms with Crippen molar-refractivity contribution in [3.63, 3.8) is 0 Å². The zero-order valence-electron chi connectivity index (χ0n) is 19.5. The van der Waals surface area contributed by atoms with Crippen molar-refractivity contribution in [1.29, 1.82) is 0 Å². The average molecular weight is 476 g/mol. The summed E-state index contributed by atoms with van der Waals surface area (Å²) in [5.74, 6) is 0.323. The highest BCUT2D eigenvalue weighted by Crippen LogP contribution is 2.21. The van der Waals surface area contributed by atoms with Gasteiger partial charge >= 0.3 is 0 Å². The first-order chi connectivity index (χ1) is 15.8. The SMILES string of the molecule is CCC(Oc1ccc(N(C)S(C)(=O)=O)cc1)C(=O)NCc1cccc(CN2CCOCC2)c1. The number of amides is 1. The molecule has 1 atom stereocenters. The van der Waals surface area contributed by atoms with Gasteiger partial charge in [-0.05, 0) is 41.8 Å². The molecule has 3 rings (SSSR count). The van der Waals surface area contributed by atoms with Gasteiger partial charge in [0.25, 0.3) is 5.91 Å². The Hall–Kier alpha value is -2.62. The molecule has 1 amide bonds. The molecule has 1 aliphatic rings. The van der Waals surface area contributed by atoms with Gasteiger partial charge in [-0.15, -0.1) is 0 Å². The van der Waals surface area contributed by atoms with Gasteiger partial charge in [0.15, 0.2) is 6.10 Å². The van der Waals surface area contributed by atoms with Crippen LogP contribution in [-0.2, 0) is 32.6 Å². The lowest BCUT2D eigenvalue weighted by atomic mass is 10.1. The number of sulfonamides is 1. The molecule has 0 bridgehead atoms. The first kappa shape index (κ1) is 25.0. The summed E-state index contributed by atoms with van der Waals surface area (Å²) >= 11 is 0. The second-order valence-corrected chi connectivity index (χ2v) is 10.2. The lowest BCUT2D eigenvalue weighted by Gasteiger charge is -2.26. The number of hydrogen-bond donors (Lipinski definition) is 1. The highest BCUT2D eigenvalue weighted by molar-refractivity contribution is 7.92. The first-order valence-electron chi connectivity index (χ1n) is 11.1. The predicted octanol–water partition coefficient (Wildman–Crippen LogP) is 2.39. The van der Waals surface area contributed by atoms with E-state index in [9.17, 15) is 13.2 Å². The largest absolute Gasteiger partial charge is 0.481 e. The number of nitrogens with zero attached hydrogens (tertiary/aromatic N) is 2. The van der Waals surface area contributed by atoms with Gasteiger partial charge < -0.3 is 14.8 Å². The Bertz CT molecular complexity index is 1020. The van der Waals surface area contributed by atoms with Crippen LogP contribution in [0.2, 0.25) is 0 Å². The molecule has 0 radical (unpaired) electrons. The minimum absolute atomic E-state index is 0.187. The Balaban J connectivity index is 1.54. The van der Waals surface area contributed by atoms with Crippen molar-refractivity contribution < 1.29 is 22.7 Å². The van der Waals surface area contributed by atoms with Crippen LogP contribution < -0.4 is 14.4 Å². The Morgan fingerprint density at radius 3 is 2.45 bits per heavy atom. The zero-order chi connectivity index (χ0) is 23.8. The monoisotopic (exact) mass is 475 g/mol. The van der Waals surface area contributed by atoms with Crippen LogP contribution in [0.4, 0.5) is 5.69 Å². The van der Waals surface area contributed by atoms with E-state index >= 15 is 0 Å². The number of ether oxygens (including phenoxy) is 2. The van der Waals surface area contributed by atoms with Crippen LogP contribution in [0.25, 0.3) is 0 Å². The molecular formula is C24H33N3O5S. The van der Waals surface area contributed by atoms with E-state index in [-0.39, 0.29) is 5.91 Å². The van der Waals surface area contributed by atoms with Crippen LogP contribution in [0.15, 0.2) is 48.5 Å². The molecule has 0 aromatic heterocycles. The highest BCUT2D eigenvalue weighted by atomic mass is 32.2. The van der Waals surface area contributed by atoms with Crippen molar-refractivity contribution in [2.75, 3.05) is 43.9 Å². The Labute approximate surface area is 196 Å². The van der Waals surface area contributed by atoms with Gasteiger partial charge in [0, 0.05) is 33.2 Å². The van der Waals surface area contributed by atoms with Crippen molar-refractivity contribution in [2.45, 2.75) is 32.5 Å². The van der Waals surface area contributed by atoms with Gasteiger partial charge in [-0.25, -0.2) is 8.42 Å². The summed E-state index contributed by atoms with van der Waals surface area (Å²) in [5.41, 5.74) is 2.78. The maximum atomic E-state index is 12.7. The van der Waals surface area contributed by atoms with Gasteiger partial charge in [-0.3, -0.25) is 14.0 Å². The lowest BCUT2D eigenvalue weighted by Crippen LogP contribution is -2.37. The summed E-state index contributed by atoms with van der Waals surface area (Å²) in [4.78, 5) is 15.1. The van der Waals surface area contributed by atoms with E-state index in [0.717, 1.165) is 44.7 Å². The molecule has 0 spiro atoms. The molecule has 2 aromatic rings. The Kier molecular flexibility index (Phi) is 8.71. The number of morpholine rings is 1. The second-order valence-electron chi connectivity index (χ2n) is 8.17. The Morgan fingerprint density at radius 1 is 1.15 bits per heavy atom. The highest BCUT2D eigenvalue weighted by Gasteiger charge is 2.19. The second kappa shape index (κ2) is 11.5. The molecule has 1 saturated heterocycles. The van der Waals surface area contributed by atoms with E-state index in [0.29, 0.717) is 24.4 Å². The number of hydrogen-bond acceptors (Lipinski definition) is 6. The first-order valence-corrected chi connectivity index (χ1v) is 13.0. The number of carbonyl (C=O) groups is 1. The van der Waals surface area contributed by atoms with E-state index in [1.54, 1.807) is 24.3 Å². The van der Waals surface area contributed by atoms with Crippen molar-refractivity contribution >= 4 is 21.6 Å². The summed E-state index contributed by atoms with van der Waals surface area (Å²) in [5, 5.41) is 2.97. The Morgan fingerprint density at radius 2 is 1.82 bits per heavy atom. The molecule has 33 heavy (non-hydrogen) atoms. The molecule has 1 heterocycles. The molecule has 1 unspecified atom stereocenters. The summed E-state index contributed by atoms with van der Waals surface area (Å²) < 4.78 is 35.8. The summed E-state index contributed by atoms with van der Waals surface area (Å²) in [6.07, 6.45) is 1.01. The van der Waals surface area contributed by atoms with Gasteiger partial charge in [-0.2, -0.15) is 0 Å². The predicted molar refractivity (Wildman–Crippen MR) is 129 cm³/mol. The molecule has 1 N–H and O–H groups in total. The number of anilines is 1. The van der Waals surface area contributed by atoms with Gasteiger partial charge in [0.1, 0.15) is 5.75 Å². The number of benzene rings is 2. The molecule has 8 nitrogen and oxygen atoms in total. The van der Waals surface area contributed by atoms with Crippen LogP contribution in [-0.4, -0.2) is 64.9 Å². The van der Waals surface area contributed by atoms with Crippen molar-refractivity contribution in [3.05, 3.63) is 59.7 Å². The van der Waals surface area contributed by atoms with Crippen molar-refractivity contribution in [3.8, 4) is 5.75 Å². The van der Waals surface area contributed by atoms with Crippen LogP contribution in [0, 0.1) is 0 Å². The third kappa shape index (κ3) is 7.45. The normalized spacial score (nSPS) is 15.6. The minimum Gasteiger partial charge on any atom is -0.481 e. The molecule has 180 valence electrons. The molecule has 1 fully saturated rings. The minimum atomic E-state index is -3.34. The number of nitrogens with one attached hydrogen (secondary N) is 1. The molecule has 9 heteroatoms. The maximum absolute atomic E-state index is 12.7. The lowest BCUT2D eigenvalue weighted by molar-refractivity contribution is -0.128. The average Bonchev–Trinajstić information content (AvgIpc) is 2.81. The van der Waals surface area contributed by atoms with E-state index in [2.05, 4.69) is 22.3 Å². The van der Waals surface area contributed by atoms with Crippen LogP contribution >= 0.6 is 0 Å². The smallest absolute Gasteiger partial charge is 0.261 e. The third-order valence-electron chi connectivity index (χ3n) is 5.61. The molecule has 1 aliphatic heterocycles. The molecule has 0 saturated carbocycles. The fourth-order valence-electron chi connectivity index (χ4n) is 3.57. The van der Waals surface area contributed by atoms with Crippen LogP contribution in [0.1, 0.15) is 24.5 Å². The van der Waals surface area contributed by atoms with Gasteiger partial charge in [0.05, 0.1) is 25.2 Å². The topological polar surface area (TPSA) is 88.2 Å². The molecule has 2 aromatic carbocycles. The molecular weight excluding hydrogens is 442 g/mol. The summed E-state index contributed by atoms with van der Waals surface area (Å²) in [7, 11) is -1.85. The molecule has 0 aliphatic carbocycles. The van der Waals surface area contributed by atoms with Gasteiger partial charge in [-0.1, -0.05) is 31.2 Å². The van der Waals surface area contributed by atoms with Crippen LogP contribution in [0.3, 0.4) is 0 Å². The fourth-order valence-corrected chi connectivity index (χ4v) is 4.08. The summed E-state index contributed by atoms with van der Waals surface area (Å²) in [6, 6.07) is 14.9.